The molecule has 19 heavy (non-hydrogen) atoms. The van der Waals surface area contributed by atoms with Gasteiger partial charge in [-0.1, -0.05) is 26.2 Å². The van der Waals surface area contributed by atoms with E-state index in [0.717, 1.165) is 24.9 Å². The van der Waals surface area contributed by atoms with E-state index in [9.17, 15) is 0 Å². The van der Waals surface area contributed by atoms with E-state index in [2.05, 4.69) is 36.2 Å². The molecule has 0 amide bonds. The molecule has 1 saturated carbocycles. The van der Waals surface area contributed by atoms with Crippen molar-refractivity contribution in [2.24, 2.45) is 17.7 Å². The molecule has 1 heterocycles. The van der Waals surface area contributed by atoms with E-state index in [1.807, 2.05) is 0 Å². The van der Waals surface area contributed by atoms with Crippen LogP contribution in [0.25, 0.3) is 0 Å². The maximum absolute atomic E-state index is 5.93. The van der Waals surface area contributed by atoms with Crippen LogP contribution in [0.4, 0.5) is 0 Å². The van der Waals surface area contributed by atoms with E-state index in [1.165, 1.54) is 38.6 Å². The Balaban J connectivity index is 2.01. The van der Waals surface area contributed by atoms with Crippen molar-refractivity contribution in [3.63, 3.8) is 0 Å². The average Bonchev–Trinajstić information content (AvgIpc) is 2.44. The molecule has 4 heteroatoms. The van der Waals surface area contributed by atoms with Gasteiger partial charge in [0.25, 0.3) is 0 Å². The van der Waals surface area contributed by atoms with Crippen molar-refractivity contribution in [3.05, 3.63) is 0 Å². The summed E-state index contributed by atoms with van der Waals surface area (Å²) in [6, 6.07) is 1.01. The normalized spacial score (nSPS) is 36.3. The summed E-state index contributed by atoms with van der Waals surface area (Å²) >= 11 is 0. The maximum atomic E-state index is 5.93. The number of hydrogen-bond donors (Lipinski definition) is 2. The lowest BCUT2D eigenvalue weighted by Gasteiger charge is -2.45. The number of hydrogen-bond acceptors (Lipinski definition) is 4. The highest BCUT2D eigenvalue weighted by molar-refractivity contribution is 4.93. The molecule has 1 saturated heterocycles. The van der Waals surface area contributed by atoms with Crippen LogP contribution in [-0.4, -0.2) is 55.6 Å². The van der Waals surface area contributed by atoms with Crippen molar-refractivity contribution in [2.75, 3.05) is 33.7 Å². The second-order valence-corrected chi connectivity index (χ2v) is 6.70. The standard InChI is InChI=1S/C15H32N4/c1-4-12-6-5-7-13(10-12)15(17-16)14-11-18(2)8-9-19(14)3/h12-15,17H,4-11,16H2,1-3H3. The minimum Gasteiger partial charge on any atom is -0.303 e. The Morgan fingerprint density at radius 3 is 2.74 bits per heavy atom. The Morgan fingerprint density at radius 1 is 1.26 bits per heavy atom. The van der Waals surface area contributed by atoms with Crippen LogP contribution in [0, 0.1) is 11.8 Å². The molecule has 0 spiro atoms. The minimum absolute atomic E-state index is 0.446. The van der Waals surface area contributed by atoms with Crippen molar-refractivity contribution in [1.82, 2.24) is 15.2 Å². The Labute approximate surface area is 118 Å². The van der Waals surface area contributed by atoms with Gasteiger partial charge in [0.2, 0.25) is 0 Å². The van der Waals surface area contributed by atoms with Gasteiger partial charge in [0, 0.05) is 31.7 Å². The Hall–Kier alpha value is -0.160. The molecule has 1 aliphatic carbocycles. The summed E-state index contributed by atoms with van der Waals surface area (Å²) in [4.78, 5) is 4.94. The summed E-state index contributed by atoms with van der Waals surface area (Å²) < 4.78 is 0. The van der Waals surface area contributed by atoms with E-state index in [4.69, 9.17) is 5.84 Å². The van der Waals surface area contributed by atoms with Crippen LogP contribution in [-0.2, 0) is 0 Å². The first-order valence-electron chi connectivity index (χ1n) is 8.00. The van der Waals surface area contributed by atoms with Gasteiger partial charge in [0.05, 0.1) is 0 Å². The van der Waals surface area contributed by atoms with Gasteiger partial charge in [-0.3, -0.25) is 16.2 Å². The molecule has 4 unspecified atom stereocenters. The van der Waals surface area contributed by atoms with Crippen LogP contribution < -0.4 is 11.3 Å². The molecule has 4 nitrogen and oxygen atoms in total. The summed E-state index contributed by atoms with van der Waals surface area (Å²) in [6.07, 6.45) is 6.84. The minimum atomic E-state index is 0.446. The van der Waals surface area contributed by atoms with E-state index in [1.54, 1.807) is 0 Å². The summed E-state index contributed by atoms with van der Waals surface area (Å²) in [7, 11) is 4.48. The lowest BCUT2D eigenvalue weighted by molar-refractivity contribution is 0.0557. The van der Waals surface area contributed by atoms with E-state index in [-0.39, 0.29) is 0 Å². The van der Waals surface area contributed by atoms with Crippen LogP contribution in [0.5, 0.6) is 0 Å². The molecular weight excluding hydrogens is 236 g/mol. The zero-order chi connectivity index (χ0) is 13.8. The monoisotopic (exact) mass is 268 g/mol. The molecule has 0 aromatic heterocycles. The number of nitrogens with zero attached hydrogens (tertiary/aromatic N) is 2. The van der Waals surface area contributed by atoms with Gasteiger partial charge < -0.3 is 4.90 Å². The van der Waals surface area contributed by atoms with Crippen LogP contribution in [0.2, 0.25) is 0 Å². The van der Waals surface area contributed by atoms with Crippen LogP contribution in [0.3, 0.4) is 0 Å². The Morgan fingerprint density at radius 2 is 2.05 bits per heavy atom. The fourth-order valence-electron chi connectivity index (χ4n) is 4.02. The van der Waals surface area contributed by atoms with Crippen molar-refractivity contribution in [2.45, 2.75) is 51.1 Å². The van der Waals surface area contributed by atoms with Crippen molar-refractivity contribution >= 4 is 0 Å². The second kappa shape index (κ2) is 7.02. The molecule has 4 atom stereocenters. The third-order valence-electron chi connectivity index (χ3n) is 5.41. The second-order valence-electron chi connectivity index (χ2n) is 6.70. The topological polar surface area (TPSA) is 44.5 Å². The Bertz CT molecular complexity index is 271. The van der Waals surface area contributed by atoms with Gasteiger partial charge in [0.15, 0.2) is 0 Å². The first-order chi connectivity index (χ1) is 9.15. The highest BCUT2D eigenvalue weighted by Gasteiger charge is 2.36. The summed E-state index contributed by atoms with van der Waals surface area (Å²) in [5.74, 6) is 7.60. The van der Waals surface area contributed by atoms with Gasteiger partial charge >= 0.3 is 0 Å². The van der Waals surface area contributed by atoms with Crippen molar-refractivity contribution < 1.29 is 0 Å². The van der Waals surface area contributed by atoms with E-state index < -0.39 is 0 Å². The third kappa shape index (κ3) is 3.69. The van der Waals surface area contributed by atoms with Crippen LogP contribution >= 0.6 is 0 Å². The largest absolute Gasteiger partial charge is 0.303 e. The van der Waals surface area contributed by atoms with Crippen LogP contribution in [0.15, 0.2) is 0 Å². The predicted molar refractivity (Wildman–Crippen MR) is 80.8 cm³/mol. The summed E-state index contributed by atoms with van der Waals surface area (Å²) in [5, 5.41) is 0. The van der Waals surface area contributed by atoms with E-state index in [0.29, 0.717) is 12.1 Å². The molecule has 0 radical (unpaired) electrons. The van der Waals surface area contributed by atoms with Gasteiger partial charge in [0.1, 0.15) is 0 Å². The van der Waals surface area contributed by atoms with Gasteiger partial charge in [-0.2, -0.15) is 0 Å². The van der Waals surface area contributed by atoms with Gasteiger partial charge in [-0.15, -0.1) is 0 Å². The number of hydrazine groups is 1. The lowest BCUT2D eigenvalue weighted by atomic mass is 9.75. The molecule has 1 aliphatic heterocycles. The number of nitrogens with one attached hydrogen (secondary N) is 1. The smallest absolute Gasteiger partial charge is 0.0406 e. The molecule has 3 N–H and O–H groups in total. The first-order valence-corrected chi connectivity index (χ1v) is 8.00. The summed E-state index contributed by atoms with van der Waals surface area (Å²) in [5.41, 5.74) is 3.17. The van der Waals surface area contributed by atoms with E-state index >= 15 is 0 Å². The average molecular weight is 268 g/mol. The Kier molecular flexibility index (Phi) is 5.63. The summed E-state index contributed by atoms with van der Waals surface area (Å²) in [6.45, 7) is 5.80. The van der Waals surface area contributed by atoms with Crippen LogP contribution in [0.1, 0.15) is 39.0 Å². The molecular formula is C15H32N4. The fourth-order valence-corrected chi connectivity index (χ4v) is 4.02. The van der Waals surface area contributed by atoms with Crippen molar-refractivity contribution in [3.8, 4) is 0 Å². The van der Waals surface area contributed by atoms with Crippen molar-refractivity contribution in [1.29, 1.82) is 0 Å². The molecule has 2 aliphatic rings. The zero-order valence-corrected chi connectivity index (χ0v) is 12.9. The molecule has 2 rings (SSSR count). The highest BCUT2D eigenvalue weighted by atomic mass is 15.3. The molecule has 0 aromatic rings. The number of likely N-dealkylation sites (N-methyl/N-ethyl adjacent to an activating group) is 2. The zero-order valence-electron chi connectivity index (χ0n) is 12.9. The number of rotatable bonds is 4. The lowest BCUT2D eigenvalue weighted by Crippen LogP contribution is -2.62. The predicted octanol–water partition coefficient (Wildman–Crippen LogP) is 1.28. The maximum Gasteiger partial charge on any atom is 0.0406 e. The molecule has 2 fully saturated rings. The molecule has 112 valence electrons. The first kappa shape index (κ1) is 15.2. The number of piperazine rings is 1. The SMILES string of the molecule is CCC1CCCC(C(NN)C2CN(C)CCN2C)C1. The molecule has 0 aromatic carbocycles. The quantitative estimate of drug-likeness (QED) is 0.595. The molecule has 0 bridgehead atoms. The fraction of sp³-hybridized carbons (Fsp3) is 1.00. The van der Waals surface area contributed by atoms with Gasteiger partial charge in [-0.25, -0.2) is 0 Å². The highest BCUT2D eigenvalue weighted by Crippen LogP contribution is 2.34. The number of nitrogens with two attached hydrogens (primary N) is 1. The third-order valence-corrected chi connectivity index (χ3v) is 5.41. The van der Waals surface area contributed by atoms with Gasteiger partial charge in [-0.05, 0) is 38.8 Å².